The first-order chi connectivity index (χ1) is 9.08. The van der Waals surface area contributed by atoms with Crippen molar-refractivity contribution >= 4 is 11.7 Å². The van der Waals surface area contributed by atoms with E-state index in [1.54, 1.807) is 0 Å². The number of nitrogens with two attached hydrogens (primary N) is 1. The normalized spacial score (nSPS) is 10.3. The Hall–Kier alpha value is -1.73. The quantitative estimate of drug-likeness (QED) is 0.823. The molecule has 3 N–H and O–H groups in total. The minimum Gasteiger partial charge on any atom is -0.383 e. The van der Waals surface area contributed by atoms with Crippen molar-refractivity contribution in [2.45, 2.75) is 0 Å². The number of rotatable bonds is 6. The Morgan fingerprint density at radius 1 is 1.42 bits per heavy atom. The van der Waals surface area contributed by atoms with Gasteiger partial charge >= 0.3 is 6.03 Å². The van der Waals surface area contributed by atoms with Crippen molar-refractivity contribution < 1.29 is 18.3 Å². The zero-order valence-electron chi connectivity index (χ0n) is 10.7. The van der Waals surface area contributed by atoms with Crippen LogP contribution >= 0.6 is 0 Å². The summed E-state index contributed by atoms with van der Waals surface area (Å²) in [6, 6.07) is 2.44. The first-order valence-corrected chi connectivity index (χ1v) is 5.78. The molecule has 1 rings (SSSR count). The maximum atomic E-state index is 13.4. The molecule has 0 saturated carbocycles. The molecule has 0 saturated heterocycles. The second kappa shape index (κ2) is 7.65. The van der Waals surface area contributed by atoms with Crippen LogP contribution in [0.4, 0.5) is 19.3 Å². The van der Waals surface area contributed by atoms with Crippen LogP contribution in [0, 0.1) is 11.6 Å². The maximum absolute atomic E-state index is 13.4. The number of nitrogens with zero attached hydrogens (tertiary/aromatic N) is 1. The summed E-state index contributed by atoms with van der Waals surface area (Å²) >= 11 is 0. The molecule has 0 aliphatic carbocycles. The SMILES string of the molecule is COCCN(CCN)C(=O)Nc1ccc(F)cc1F. The fourth-order valence-corrected chi connectivity index (χ4v) is 1.46. The number of halogens is 2. The lowest BCUT2D eigenvalue weighted by molar-refractivity contribution is 0.156. The molecule has 106 valence electrons. The topological polar surface area (TPSA) is 67.6 Å². The molecule has 0 heterocycles. The first-order valence-electron chi connectivity index (χ1n) is 5.78. The average molecular weight is 273 g/mol. The van der Waals surface area contributed by atoms with Gasteiger partial charge in [0.05, 0.1) is 12.3 Å². The molecule has 0 spiro atoms. The van der Waals surface area contributed by atoms with Gasteiger partial charge in [0.2, 0.25) is 0 Å². The fourth-order valence-electron chi connectivity index (χ4n) is 1.46. The Bertz CT molecular complexity index is 429. The zero-order chi connectivity index (χ0) is 14.3. The highest BCUT2D eigenvalue weighted by Crippen LogP contribution is 2.15. The molecule has 0 bridgehead atoms. The van der Waals surface area contributed by atoms with Crippen molar-refractivity contribution in [3.05, 3.63) is 29.8 Å². The van der Waals surface area contributed by atoms with E-state index in [2.05, 4.69) is 5.32 Å². The second-order valence-electron chi connectivity index (χ2n) is 3.82. The van der Waals surface area contributed by atoms with Crippen LogP contribution in [0.25, 0.3) is 0 Å². The van der Waals surface area contributed by atoms with Crippen molar-refractivity contribution in [1.29, 1.82) is 0 Å². The molecule has 0 aliphatic rings. The summed E-state index contributed by atoms with van der Waals surface area (Å²) in [7, 11) is 1.51. The minimum atomic E-state index is -0.826. The van der Waals surface area contributed by atoms with Gasteiger partial charge in [-0.1, -0.05) is 0 Å². The zero-order valence-corrected chi connectivity index (χ0v) is 10.7. The molecule has 0 aromatic heterocycles. The summed E-state index contributed by atoms with van der Waals surface area (Å²) in [6.07, 6.45) is 0. The van der Waals surface area contributed by atoms with Crippen LogP contribution < -0.4 is 11.1 Å². The number of hydrogen-bond acceptors (Lipinski definition) is 3. The number of benzene rings is 1. The summed E-state index contributed by atoms with van der Waals surface area (Å²) in [6.45, 7) is 1.28. The van der Waals surface area contributed by atoms with E-state index in [0.29, 0.717) is 25.8 Å². The predicted octanol–water partition coefficient (Wildman–Crippen LogP) is 1.40. The number of hydrogen-bond donors (Lipinski definition) is 2. The summed E-state index contributed by atoms with van der Waals surface area (Å²) in [4.78, 5) is 13.3. The molecule has 5 nitrogen and oxygen atoms in total. The van der Waals surface area contributed by atoms with Crippen LogP contribution in [-0.4, -0.2) is 44.3 Å². The van der Waals surface area contributed by atoms with E-state index in [0.717, 1.165) is 6.07 Å². The monoisotopic (exact) mass is 273 g/mol. The van der Waals surface area contributed by atoms with Crippen LogP contribution in [0.1, 0.15) is 0 Å². The van der Waals surface area contributed by atoms with Crippen molar-refractivity contribution in [3.8, 4) is 0 Å². The van der Waals surface area contributed by atoms with Crippen LogP contribution in [0.2, 0.25) is 0 Å². The number of urea groups is 1. The van der Waals surface area contributed by atoms with Gasteiger partial charge in [0.25, 0.3) is 0 Å². The Labute approximate surface area is 110 Å². The van der Waals surface area contributed by atoms with E-state index in [-0.39, 0.29) is 12.2 Å². The van der Waals surface area contributed by atoms with E-state index in [1.165, 1.54) is 18.1 Å². The van der Waals surface area contributed by atoms with Crippen molar-refractivity contribution in [2.75, 3.05) is 38.7 Å². The molecule has 0 atom stereocenters. The number of ether oxygens (including phenoxy) is 1. The number of carbonyl (C=O) groups is 1. The van der Waals surface area contributed by atoms with Gasteiger partial charge in [-0.3, -0.25) is 0 Å². The van der Waals surface area contributed by atoms with Crippen LogP contribution in [0.15, 0.2) is 18.2 Å². The smallest absolute Gasteiger partial charge is 0.322 e. The van der Waals surface area contributed by atoms with Gasteiger partial charge in [-0.25, -0.2) is 13.6 Å². The number of anilines is 1. The van der Waals surface area contributed by atoms with E-state index >= 15 is 0 Å². The van der Waals surface area contributed by atoms with E-state index in [9.17, 15) is 13.6 Å². The Morgan fingerprint density at radius 2 is 2.16 bits per heavy atom. The molecule has 0 aliphatic heterocycles. The standard InChI is InChI=1S/C12H17F2N3O2/c1-19-7-6-17(5-4-15)12(18)16-11-3-2-9(13)8-10(11)14/h2-3,8H,4-7,15H2,1H3,(H,16,18). The van der Waals surface area contributed by atoms with Gasteiger partial charge in [0.1, 0.15) is 11.6 Å². The van der Waals surface area contributed by atoms with Gasteiger partial charge in [0, 0.05) is 32.8 Å². The Balaban J connectivity index is 2.69. The van der Waals surface area contributed by atoms with Gasteiger partial charge in [-0.2, -0.15) is 0 Å². The van der Waals surface area contributed by atoms with E-state index < -0.39 is 17.7 Å². The lowest BCUT2D eigenvalue weighted by atomic mass is 10.3. The third-order valence-corrected chi connectivity index (χ3v) is 2.42. The largest absolute Gasteiger partial charge is 0.383 e. The van der Waals surface area contributed by atoms with Crippen molar-refractivity contribution in [3.63, 3.8) is 0 Å². The van der Waals surface area contributed by atoms with Crippen molar-refractivity contribution in [2.24, 2.45) is 5.73 Å². The second-order valence-corrected chi connectivity index (χ2v) is 3.82. The average Bonchev–Trinajstić information content (AvgIpc) is 2.37. The summed E-state index contributed by atoms with van der Waals surface area (Å²) in [5.41, 5.74) is 5.32. The van der Waals surface area contributed by atoms with Crippen LogP contribution in [-0.2, 0) is 4.74 Å². The fraction of sp³-hybridized carbons (Fsp3) is 0.417. The van der Waals surface area contributed by atoms with Gasteiger partial charge in [-0.15, -0.1) is 0 Å². The van der Waals surface area contributed by atoms with Crippen LogP contribution in [0.3, 0.4) is 0 Å². The molecule has 0 unspecified atom stereocenters. The van der Waals surface area contributed by atoms with Crippen molar-refractivity contribution in [1.82, 2.24) is 4.90 Å². The first kappa shape index (κ1) is 15.3. The third-order valence-electron chi connectivity index (χ3n) is 2.42. The van der Waals surface area contributed by atoms with Gasteiger partial charge in [0.15, 0.2) is 0 Å². The maximum Gasteiger partial charge on any atom is 0.322 e. The van der Waals surface area contributed by atoms with E-state index in [4.69, 9.17) is 10.5 Å². The Kier molecular flexibility index (Phi) is 6.17. The Morgan fingerprint density at radius 3 is 2.74 bits per heavy atom. The summed E-state index contributed by atoms with van der Waals surface area (Å²) < 4.78 is 31.0. The molecular formula is C12H17F2N3O2. The van der Waals surface area contributed by atoms with Crippen LogP contribution in [0.5, 0.6) is 0 Å². The number of nitrogens with one attached hydrogen (secondary N) is 1. The minimum absolute atomic E-state index is 0.0779. The summed E-state index contributed by atoms with van der Waals surface area (Å²) in [5, 5.41) is 2.37. The predicted molar refractivity (Wildman–Crippen MR) is 67.9 cm³/mol. The molecule has 19 heavy (non-hydrogen) atoms. The number of carbonyl (C=O) groups excluding carboxylic acids is 1. The van der Waals surface area contributed by atoms with Gasteiger partial charge in [-0.05, 0) is 12.1 Å². The lowest BCUT2D eigenvalue weighted by Crippen LogP contribution is -2.40. The highest BCUT2D eigenvalue weighted by atomic mass is 19.1. The number of amides is 2. The van der Waals surface area contributed by atoms with E-state index in [1.807, 2.05) is 0 Å². The molecular weight excluding hydrogens is 256 g/mol. The summed E-state index contributed by atoms with van der Waals surface area (Å²) in [5.74, 6) is -1.53. The third kappa shape index (κ3) is 4.80. The molecule has 1 aromatic carbocycles. The molecule has 0 fully saturated rings. The molecule has 1 aromatic rings. The molecule has 0 radical (unpaired) electrons. The number of methoxy groups -OCH3 is 1. The van der Waals surface area contributed by atoms with Gasteiger partial charge < -0.3 is 20.7 Å². The highest BCUT2D eigenvalue weighted by molar-refractivity contribution is 5.89. The molecule has 7 heteroatoms. The lowest BCUT2D eigenvalue weighted by Gasteiger charge is -2.22. The molecule has 2 amide bonds. The highest BCUT2D eigenvalue weighted by Gasteiger charge is 2.14.